The van der Waals surface area contributed by atoms with E-state index in [0.29, 0.717) is 0 Å². The Hall–Kier alpha value is -1.13. The molecule has 1 heterocycles. The molecule has 2 aromatic carbocycles. The summed E-state index contributed by atoms with van der Waals surface area (Å²) in [5.74, 6) is 0. The summed E-state index contributed by atoms with van der Waals surface area (Å²) in [5, 5.41) is 1.28. The maximum absolute atomic E-state index is 13.4. The summed E-state index contributed by atoms with van der Waals surface area (Å²) in [4.78, 5) is 1.35. The molecule has 1 aromatic heterocycles. The van der Waals surface area contributed by atoms with Crippen LogP contribution in [-0.4, -0.2) is 6.99 Å². The number of halogens is 2. The molecule has 4 heteroatoms. The molecule has 0 saturated heterocycles. The standard InChI is InChI=1S/C16H11BBrFS/c1-17(19)10-2-4-13-14-7-9-6-11(18)3-5-12(9)16(14)20-15(13)8-10/h2-6,8H,7H2,1H3. The van der Waals surface area contributed by atoms with Crippen molar-refractivity contribution in [3.8, 4) is 10.4 Å². The molecule has 0 fully saturated rings. The predicted octanol–water partition coefficient (Wildman–Crippen LogP) is 5.03. The third-order valence-corrected chi connectivity index (χ3v) is 5.68. The molecule has 0 spiro atoms. The summed E-state index contributed by atoms with van der Waals surface area (Å²) in [6, 6.07) is 12.5. The minimum absolute atomic E-state index is 0.772. The Morgan fingerprint density at radius 1 is 1.20 bits per heavy atom. The van der Waals surface area contributed by atoms with Crippen LogP contribution in [0, 0.1) is 0 Å². The minimum Gasteiger partial charge on any atom is -0.330 e. The molecule has 4 rings (SSSR count). The van der Waals surface area contributed by atoms with Gasteiger partial charge in [0.05, 0.1) is 0 Å². The van der Waals surface area contributed by atoms with Gasteiger partial charge < -0.3 is 4.32 Å². The van der Waals surface area contributed by atoms with Crippen molar-refractivity contribution in [1.82, 2.24) is 0 Å². The Labute approximate surface area is 129 Å². The van der Waals surface area contributed by atoms with E-state index in [1.54, 1.807) is 18.2 Å². The van der Waals surface area contributed by atoms with E-state index >= 15 is 0 Å². The number of fused-ring (bicyclic) bond motifs is 5. The van der Waals surface area contributed by atoms with E-state index in [1.165, 1.54) is 31.7 Å². The zero-order chi connectivity index (χ0) is 13.9. The molecule has 0 atom stereocenters. The summed E-state index contributed by atoms with van der Waals surface area (Å²) >= 11 is 5.32. The van der Waals surface area contributed by atoms with Crippen molar-refractivity contribution < 1.29 is 4.32 Å². The second-order valence-electron chi connectivity index (χ2n) is 5.26. The number of rotatable bonds is 1. The fourth-order valence-corrected chi connectivity index (χ4v) is 4.67. The van der Waals surface area contributed by atoms with Crippen molar-refractivity contribution in [2.45, 2.75) is 13.2 Å². The van der Waals surface area contributed by atoms with Gasteiger partial charge in [0.25, 0.3) is 0 Å². The zero-order valence-corrected chi connectivity index (χ0v) is 13.3. The van der Waals surface area contributed by atoms with Crippen LogP contribution in [0.3, 0.4) is 0 Å². The van der Waals surface area contributed by atoms with Crippen LogP contribution in [0.15, 0.2) is 40.9 Å². The van der Waals surface area contributed by atoms with Crippen molar-refractivity contribution in [1.29, 1.82) is 0 Å². The van der Waals surface area contributed by atoms with Crippen molar-refractivity contribution in [3.63, 3.8) is 0 Å². The Balaban J connectivity index is 1.94. The third-order valence-electron chi connectivity index (χ3n) is 3.96. The van der Waals surface area contributed by atoms with Crippen LogP contribution in [0.4, 0.5) is 4.32 Å². The molecular weight excluding hydrogens is 334 g/mol. The van der Waals surface area contributed by atoms with Crippen molar-refractivity contribution in [2.24, 2.45) is 0 Å². The Bertz CT molecular complexity index is 838. The monoisotopic (exact) mass is 344 g/mol. The molecular formula is C16H11BBrFS. The largest absolute Gasteiger partial charge is 0.377 e. The molecule has 0 bridgehead atoms. The maximum atomic E-state index is 13.4. The van der Waals surface area contributed by atoms with Crippen LogP contribution in [0.1, 0.15) is 11.1 Å². The molecule has 3 aromatic rings. The smallest absolute Gasteiger partial charge is 0.330 e. The lowest BCUT2D eigenvalue weighted by molar-refractivity contribution is 0.856. The molecule has 0 N–H and O–H groups in total. The van der Waals surface area contributed by atoms with Gasteiger partial charge in [-0.3, -0.25) is 0 Å². The van der Waals surface area contributed by atoms with Crippen molar-refractivity contribution in [3.05, 3.63) is 52.0 Å². The van der Waals surface area contributed by atoms with Gasteiger partial charge in [-0.05, 0) is 52.6 Å². The van der Waals surface area contributed by atoms with Gasteiger partial charge in [0.1, 0.15) is 0 Å². The highest BCUT2D eigenvalue weighted by molar-refractivity contribution is 9.10. The molecule has 0 amide bonds. The number of hydrogen-bond acceptors (Lipinski definition) is 1. The Kier molecular flexibility index (Phi) is 2.80. The van der Waals surface area contributed by atoms with E-state index in [2.05, 4.69) is 40.2 Å². The Morgan fingerprint density at radius 3 is 2.85 bits per heavy atom. The fraction of sp³-hybridized carbons (Fsp3) is 0.125. The Morgan fingerprint density at radius 2 is 2.05 bits per heavy atom. The number of hydrogen-bond donors (Lipinski definition) is 0. The van der Waals surface area contributed by atoms with E-state index in [0.717, 1.165) is 16.4 Å². The van der Waals surface area contributed by atoms with Gasteiger partial charge in [0.2, 0.25) is 0 Å². The molecule has 1 aliphatic rings. The van der Waals surface area contributed by atoms with E-state index in [1.807, 2.05) is 12.1 Å². The SMILES string of the molecule is CB(F)c1ccc2c3c(sc2c1)-c1ccc(Br)cc1C3. The highest BCUT2D eigenvalue weighted by Crippen LogP contribution is 2.46. The minimum atomic E-state index is -0.903. The molecule has 98 valence electrons. The first-order valence-electron chi connectivity index (χ1n) is 6.61. The molecule has 0 unspecified atom stereocenters. The van der Waals surface area contributed by atoms with Crippen LogP contribution in [0.5, 0.6) is 0 Å². The second kappa shape index (κ2) is 4.44. The maximum Gasteiger partial charge on any atom is 0.377 e. The van der Waals surface area contributed by atoms with E-state index in [4.69, 9.17) is 0 Å². The summed E-state index contributed by atoms with van der Waals surface area (Å²) < 4.78 is 15.8. The topological polar surface area (TPSA) is 0 Å². The molecule has 20 heavy (non-hydrogen) atoms. The zero-order valence-electron chi connectivity index (χ0n) is 10.9. The third kappa shape index (κ3) is 1.78. The van der Waals surface area contributed by atoms with Crippen molar-refractivity contribution in [2.75, 3.05) is 0 Å². The predicted molar refractivity (Wildman–Crippen MR) is 90.1 cm³/mol. The summed E-state index contributed by atoms with van der Waals surface area (Å²) in [6.45, 7) is 0.689. The summed E-state index contributed by atoms with van der Waals surface area (Å²) in [5.41, 5.74) is 4.88. The summed E-state index contributed by atoms with van der Waals surface area (Å²) in [6.07, 6.45) is 0.981. The van der Waals surface area contributed by atoms with Crippen LogP contribution in [0.2, 0.25) is 6.82 Å². The number of thiophene rings is 1. The van der Waals surface area contributed by atoms with Gasteiger partial charge in [-0.1, -0.05) is 34.1 Å². The average molecular weight is 345 g/mol. The molecule has 0 aliphatic heterocycles. The lowest BCUT2D eigenvalue weighted by Gasteiger charge is -2.01. The van der Waals surface area contributed by atoms with Crippen molar-refractivity contribution >= 4 is 49.8 Å². The lowest BCUT2D eigenvalue weighted by atomic mass is 9.67. The van der Waals surface area contributed by atoms with Crippen LogP contribution in [0.25, 0.3) is 20.5 Å². The van der Waals surface area contributed by atoms with E-state index < -0.39 is 6.99 Å². The van der Waals surface area contributed by atoms with Crippen LogP contribution in [-0.2, 0) is 6.42 Å². The molecule has 1 aliphatic carbocycles. The number of benzene rings is 2. The van der Waals surface area contributed by atoms with Gasteiger partial charge >= 0.3 is 6.99 Å². The average Bonchev–Trinajstić information content (AvgIpc) is 2.92. The lowest BCUT2D eigenvalue weighted by Crippen LogP contribution is -2.20. The highest BCUT2D eigenvalue weighted by Gasteiger charge is 2.24. The highest BCUT2D eigenvalue weighted by atomic mass is 79.9. The first-order chi connectivity index (χ1) is 9.63. The van der Waals surface area contributed by atoms with Gasteiger partial charge in [0.15, 0.2) is 0 Å². The van der Waals surface area contributed by atoms with Crippen LogP contribution < -0.4 is 5.46 Å². The quantitative estimate of drug-likeness (QED) is 0.425. The fourth-order valence-electron chi connectivity index (χ4n) is 2.93. The van der Waals surface area contributed by atoms with E-state index in [-0.39, 0.29) is 0 Å². The first kappa shape index (κ1) is 12.6. The van der Waals surface area contributed by atoms with Gasteiger partial charge in [0, 0.05) is 20.5 Å². The first-order valence-corrected chi connectivity index (χ1v) is 8.22. The second-order valence-corrected chi connectivity index (χ2v) is 7.23. The molecule has 0 nitrogen and oxygen atoms in total. The van der Waals surface area contributed by atoms with Gasteiger partial charge in [-0.25, -0.2) is 0 Å². The normalized spacial score (nSPS) is 12.6. The van der Waals surface area contributed by atoms with E-state index in [9.17, 15) is 4.32 Å². The molecule has 0 saturated carbocycles. The van der Waals surface area contributed by atoms with Gasteiger partial charge in [-0.2, -0.15) is 0 Å². The van der Waals surface area contributed by atoms with Gasteiger partial charge in [-0.15, -0.1) is 11.3 Å². The van der Waals surface area contributed by atoms with Crippen LogP contribution >= 0.6 is 27.3 Å². The summed E-state index contributed by atoms with van der Waals surface area (Å²) in [7, 11) is 0. The molecule has 0 radical (unpaired) electrons.